The van der Waals surface area contributed by atoms with Crippen molar-refractivity contribution < 1.29 is 9.13 Å². The lowest BCUT2D eigenvalue weighted by Crippen LogP contribution is -2.26. The highest BCUT2D eigenvalue weighted by Gasteiger charge is 2.24. The second-order valence-electron chi connectivity index (χ2n) is 9.70. The number of halogens is 1. The molecule has 2 rings (SSSR count). The van der Waals surface area contributed by atoms with Gasteiger partial charge in [-0.2, -0.15) is 9.65 Å². The van der Waals surface area contributed by atoms with Crippen molar-refractivity contribution in [2.24, 2.45) is 17.8 Å². The Morgan fingerprint density at radius 3 is 2.23 bits per heavy atom. The standard InChI is InChI=1S/C27H44FNO/c1-2-3-4-5-7-10-23-13-15-25(16-14-23)22-30-27-19-17-24(18-20-27)11-8-6-9-12-26(28)21-29/h6,9,12,23-25,27H,2-5,7-8,10-11,13-20,22H2,1H3. The molecule has 0 aliphatic heterocycles. The molecule has 0 heterocycles. The number of nitrogens with zero attached hydrogens (tertiary/aromatic N) is 1. The van der Waals surface area contributed by atoms with Crippen molar-refractivity contribution in [3.05, 3.63) is 24.1 Å². The van der Waals surface area contributed by atoms with Crippen LogP contribution in [0.15, 0.2) is 24.1 Å². The molecule has 0 saturated heterocycles. The van der Waals surface area contributed by atoms with E-state index in [0.717, 1.165) is 37.2 Å². The largest absolute Gasteiger partial charge is 0.378 e. The minimum absolute atomic E-state index is 0.473. The molecule has 170 valence electrons. The van der Waals surface area contributed by atoms with Crippen LogP contribution < -0.4 is 0 Å². The summed E-state index contributed by atoms with van der Waals surface area (Å²) in [5.74, 6) is 1.83. The first-order valence-corrected chi connectivity index (χ1v) is 12.7. The molecular weight excluding hydrogens is 373 g/mol. The van der Waals surface area contributed by atoms with Crippen molar-refractivity contribution in [2.75, 3.05) is 6.61 Å². The van der Waals surface area contributed by atoms with Gasteiger partial charge in [0.1, 0.15) is 6.07 Å². The smallest absolute Gasteiger partial charge is 0.199 e. The van der Waals surface area contributed by atoms with Crippen molar-refractivity contribution in [1.82, 2.24) is 0 Å². The Balaban J connectivity index is 1.48. The Hall–Kier alpha value is -1.14. The fraction of sp³-hybridized carbons (Fsp3) is 0.815. The average molecular weight is 418 g/mol. The van der Waals surface area contributed by atoms with Crippen LogP contribution in [0.2, 0.25) is 0 Å². The van der Waals surface area contributed by atoms with Gasteiger partial charge >= 0.3 is 0 Å². The monoisotopic (exact) mass is 417 g/mol. The van der Waals surface area contributed by atoms with Gasteiger partial charge in [-0.05, 0) is 75.2 Å². The van der Waals surface area contributed by atoms with Crippen molar-refractivity contribution >= 4 is 0 Å². The van der Waals surface area contributed by atoms with E-state index in [9.17, 15) is 4.39 Å². The fourth-order valence-electron chi connectivity index (χ4n) is 5.20. The van der Waals surface area contributed by atoms with Crippen LogP contribution in [-0.2, 0) is 4.74 Å². The second kappa shape index (κ2) is 15.6. The van der Waals surface area contributed by atoms with Crippen LogP contribution >= 0.6 is 0 Å². The predicted molar refractivity (Wildman–Crippen MR) is 124 cm³/mol. The minimum Gasteiger partial charge on any atom is -0.378 e. The zero-order valence-electron chi connectivity index (χ0n) is 19.3. The van der Waals surface area contributed by atoms with Gasteiger partial charge in [-0.1, -0.05) is 70.4 Å². The molecule has 0 spiro atoms. The maximum absolute atomic E-state index is 12.7. The molecule has 3 heteroatoms. The Morgan fingerprint density at radius 2 is 1.53 bits per heavy atom. The van der Waals surface area contributed by atoms with Crippen molar-refractivity contribution in [3.8, 4) is 6.07 Å². The third kappa shape index (κ3) is 10.8. The van der Waals surface area contributed by atoms with Crippen LogP contribution in [0.4, 0.5) is 4.39 Å². The topological polar surface area (TPSA) is 33.0 Å². The third-order valence-electron chi connectivity index (χ3n) is 7.27. The number of nitriles is 1. The van der Waals surface area contributed by atoms with E-state index < -0.39 is 5.83 Å². The molecule has 0 aromatic heterocycles. The molecule has 0 aromatic rings. The summed E-state index contributed by atoms with van der Waals surface area (Å²) < 4.78 is 19.0. The summed E-state index contributed by atoms with van der Waals surface area (Å²) in [6.07, 6.45) is 26.5. The molecule has 2 fully saturated rings. The molecule has 0 atom stereocenters. The molecular formula is C27H44FNO. The summed E-state index contributed by atoms with van der Waals surface area (Å²) in [7, 11) is 0. The Morgan fingerprint density at radius 1 is 0.900 bits per heavy atom. The number of allylic oxidation sites excluding steroid dienone is 4. The molecule has 2 aliphatic rings. The van der Waals surface area contributed by atoms with E-state index in [1.807, 2.05) is 6.08 Å². The van der Waals surface area contributed by atoms with Gasteiger partial charge in [-0.15, -0.1) is 0 Å². The van der Waals surface area contributed by atoms with Crippen molar-refractivity contribution in [3.63, 3.8) is 0 Å². The summed E-state index contributed by atoms with van der Waals surface area (Å²) in [4.78, 5) is 0. The summed E-state index contributed by atoms with van der Waals surface area (Å²) in [6.45, 7) is 3.27. The van der Waals surface area contributed by atoms with Crippen LogP contribution in [0.25, 0.3) is 0 Å². The van der Waals surface area contributed by atoms with E-state index in [2.05, 4.69) is 6.92 Å². The first-order chi connectivity index (χ1) is 14.7. The zero-order valence-corrected chi connectivity index (χ0v) is 19.3. The molecule has 2 aliphatic carbocycles. The molecule has 2 nitrogen and oxygen atoms in total. The molecule has 0 N–H and O–H groups in total. The van der Waals surface area contributed by atoms with E-state index >= 15 is 0 Å². The van der Waals surface area contributed by atoms with Gasteiger partial charge in [0.05, 0.1) is 6.10 Å². The Bertz CT molecular complexity index is 534. The number of hydrogen-bond donors (Lipinski definition) is 0. The maximum Gasteiger partial charge on any atom is 0.199 e. The van der Waals surface area contributed by atoms with Crippen LogP contribution in [0.5, 0.6) is 0 Å². The average Bonchev–Trinajstić information content (AvgIpc) is 2.78. The van der Waals surface area contributed by atoms with Crippen LogP contribution in [0.1, 0.15) is 110 Å². The Kier molecular flexibility index (Phi) is 13.1. The number of unbranched alkanes of at least 4 members (excludes halogenated alkanes) is 4. The van der Waals surface area contributed by atoms with E-state index in [1.165, 1.54) is 102 Å². The first kappa shape index (κ1) is 25.1. The first-order valence-electron chi connectivity index (χ1n) is 12.7. The van der Waals surface area contributed by atoms with Crippen LogP contribution in [0.3, 0.4) is 0 Å². The molecule has 0 aromatic carbocycles. The molecule has 0 bridgehead atoms. The zero-order chi connectivity index (χ0) is 21.4. The van der Waals surface area contributed by atoms with E-state index in [0.29, 0.717) is 6.10 Å². The minimum atomic E-state index is -0.722. The van der Waals surface area contributed by atoms with Gasteiger partial charge in [0.25, 0.3) is 0 Å². The van der Waals surface area contributed by atoms with Gasteiger partial charge in [0.15, 0.2) is 5.83 Å². The van der Waals surface area contributed by atoms with E-state index in [-0.39, 0.29) is 0 Å². The molecule has 0 unspecified atom stereocenters. The summed E-state index contributed by atoms with van der Waals surface area (Å²) in [5.41, 5.74) is 0. The van der Waals surface area contributed by atoms with Crippen LogP contribution in [-0.4, -0.2) is 12.7 Å². The third-order valence-corrected chi connectivity index (χ3v) is 7.27. The van der Waals surface area contributed by atoms with Crippen LogP contribution in [0, 0.1) is 29.1 Å². The van der Waals surface area contributed by atoms with Gasteiger partial charge in [-0.3, -0.25) is 0 Å². The van der Waals surface area contributed by atoms with Gasteiger partial charge in [0, 0.05) is 6.61 Å². The lowest BCUT2D eigenvalue weighted by Gasteiger charge is -2.32. The van der Waals surface area contributed by atoms with Crippen molar-refractivity contribution in [2.45, 2.75) is 116 Å². The van der Waals surface area contributed by atoms with Gasteiger partial charge in [0.2, 0.25) is 0 Å². The molecule has 0 amide bonds. The van der Waals surface area contributed by atoms with E-state index in [1.54, 1.807) is 6.08 Å². The highest BCUT2D eigenvalue weighted by atomic mass is 19.1. The van der Waals surface area contributed by atoms with Gasteiger partial charge in [-0.25, -0.2) is 0 Å². The highest BCUT2D eigenvalue weighted by molar-refractivity contribution is 5.18. The molecule has 30 heavy (non-hydrogen) atoms. The number of ether oxygens (including phenoxy) is 1. The fourth-order valence-corrected chi connectivity index (χ4v) is 5.20. The quantitative estimate of drug-likeness (QED) is 0.171. The summed E-state index contributed by atoms with van der Waals surface area (Å²) in [5, 5.41) is 8.37. The Labute approximate surface area is 185 Å². The normalized spacial score (nSPS) is 28.0. The number of hydrogen-bond acceptors (Lipinski definition) is 2. The lowest BCUT2D eigenvalue weighted by molar-refractivity contribution is -0.0102. The highest BCUT2D eigenvalue weighted by Crippen LogP contribution is 2.34. The van der Waals surface area contributed by atoms with Gasteiger partial charge < -0.3 is 4.74 Å². The SMILES string of the molecule is CCCCCCCC1CCC(COC2CCC(CCC=CC=C(F)C#N)CC2)CC1. The lowest BCUT2D eigenvalue weighted by atomic mass is 9.80. The van der Waals surface area contributed by atoms with E-state index in [4.69, 9.17) is 10.00 Å². The maximum atomic E-state index is 12.7. The number of rotatable bonds is 13. The second-order valence-corrected chi connectivity index (χ2v) is 9.70. The summed E-state index contributed by atoms with van der Waals surface area (Å²) in [6, 6.07) is 1.49. The predicted octanol–water partition coefficient (Wildman–Crippen LogP) is 8.44. The van der Waals surface area contributed by atoms with Crippen molar-refractivity contribution in [1.29, 1.82) is 5.26 Å². The molecule has 2 saturated carbocycles. The summed E-state index contributed by atoms with van der Waals surface area (Å²) >= 11 is 0. The molecule has 0 radical (unpaired) electrons.